The molecule has 0 saturated carbocycles. The normalized spacial score (nSPS) is 11.4. The van der Waals surface area contributed by atoms with Gasteiger partial charge in [0.15, 0.2) is 0 Å². The molecule has 0 bridgehead atoms. The van der Waals surface area contributed by atoms with Crippen LogP contribution in [0.1, 0.15) is 33.3 Å². The minimum absolute atomic E-state index is 0.0306. The van der Waals surface area contributed by atoms with Crippen LogP contribution < -0.4 is 10.5 Å². The van der Waals surface area contributed by atoms with Gasteiger partial charge in [-0.15, -0.1) is 11.8 Å². The highest BCUT2D eigenvalue weighted by Crippen LogP contribution is 2.40. The van der Waals surface area contributed by atoms with Crippen molar-refractivity contribution >= 4 is 38.6 Å². The van der Waals surface area contributed by atoms with Crippen LogP contribution in [0.25, 0.3) is 10.9 Å². The molecule has 0 aliphatic carbocycles. The zero-order chi connectivity index (χ0) is 19.2. The van der Waals surface area contributed by atoms with E-state index in [2.05, 4.69) is 20.9 Å². The summed E-state index contributed by atoms with van der Waals surface area (Å²) >= 11 is 4.78. The number of aromatic nitrogens is 1. The van der Waals surface area contributed by atoms with Crippen LogP contribution in [0.5, 0.6) is 5.88 Å². The van der Waals surface area contributed by atoms with E-state index < -0.39 is 11.7 Å². The van der Waals surface area contributed by atoms with Gasteiger partial charge in [-0.25, -0.2) is 4.98 Å². The largest absolute Gasteiger partial charge is 0.475 e. The summed E-state index contributed by atoms with van der Waals surface area (Å²) in [5, 5.41) is 0.0394. The molecule has 0 aliphatic rings. The number of fused-ring (bicyclic) bond motifs is 1. The predicted octanol–water partition coefficient (Wildman–Crippen LogP) is 5.88. The summed E-state index contributed by atoms with van der Waals surface area (Å²) in [6.45, 7) is 7.96. The molecule has 2 aromatic rings. The second-order valence-corrected chi connectivity index (χ2v) is 7.10. The Morgan fingerprint density at radius 3 is 2.40 bits per heavy atom. The third kappa shape index (κ3) is 6.04. The van der Waals surface area contributed by atoms with Crippen molar-refractivity contribution in [1.29, 1.82) is 0 Å². The maximum Gasteiger partial charge on any atom is 0.417 e. The van der Waals surface area contributed by atoms with Gasteiger partial charge in [0.05, 0.1) is 17.2 Å². The van der Waals surface area contributed by atoms with E-state index in [1.807, 2.05) is 13.8 Å². The molecule has 2 rings (SSSR count). The van der Waals surface area contributed by atoms with Gasteiger partial charge in [-0.2, -0.15) is 13.2 Å². The smallest absolute Gasteiger partial charge is 0.417 e. The number of hydrogen-bond acceptors (Lipinski definition) is 4. The Hall–Kier alpha value is -0.990. The van der Waals surface area contributed by atoms with E-state index in [1.54, 1.807) is 19.9 Å². The molecular weight excluding hydrogens is 417 g/mol. The Labute approximate surface area is 158 Å². The summed E-state index contributed by atoms with van der Waals surface area (Å²) in [5.74, 6) is 0.634. The van der Waals surface area contributed by atoms with E-state index in [1.165, 1.54) is 17.8 Å². The van der Waals surface area contributed by atoms with Gasteiger partial charge in [0.1, 0.15) is 0 Å². The molecule has 1 aromatic heterocycles. The SMILES string of the molecule is CC.CC(C)Oc1cc(C(F)(F)F)c2cc(Br)c(SCCN)cc2n1. The van der Waals surface area contributed by atoms with Crippen LogP contribution in [0.15, 0.2) is 27.6 Å². The molecule has 2 N–H and O–H groups in total. The van der Waals surface area contributed by atoms with Crippen LogP contribution in [0.4, 0.5) is 13.2 Å². The second kappa shape index (κ2) is 9.64. The van der Waals surface area contributed by atoms with E-state index in [4.69, 9.17) is 10.5 Å². The number of alkyl halides is 3. The Kier molecular flexibility index (Phi) is 8.50. The van der Waals surface area contributed by atoms with Crippen LogP contribution in [0, 0.1) is 0 Å². The summed E-state index contributed by atoms with van der Waals surface area (Å²) in [6.07, 6.45) is -4.75. The molecule has 8 heteroatoms. The van der Waals surface area contributed by atoms with Crippen molar-refractivity contribution in [3.05, 3.63) is 28.2 Å². The Bertz CT molecular complexity index is 708. The number of rotatable bonds is 5. The highest BCUT2D eigenvalue weighted by molar-refractivity contribution is 9.10. The fourth-order valence-electron chi connectivity index (χ4n) is 2.02. The third-order valence-electron chi connectivity index (χ3n) is 2.88. The monoisotopic (exact) mass is 438 g/mol. The molecule has 0 radical (unpaired) electrons. The summed E-state index contributed by atoms with van der Waals surface area (Å²) in [5.41, 5.74) is 4.97. The summed E-state index contributed by atoms with van der Waals surface area (Å²) in [4.78, 5) is 5.01. The highest BCUT2D eigenvalue weighted by atomic mass is 79.9. The molecule has 0 saturated heterocycles. The lowest BCUT2D eigenvalue weighted by atomic mass is 10.1. The van der Waals surface area contributed by atoms with Gasteiger partial charge in [-0.3, -0.25) is 0 Å². The van der Waals surface area contributed by atoms with Crippen molar-refractivity contribution in [2.45, 2.75) is 44.9 Å². The molecular formula is C17H22BrF3N2OS. The molecule has 0 amide bonds. The van der Waals surface area contributed by atoms with Crippen LogP contribution in [0.3, 0.4) is 0 Å². The lowest BCUT2D eigenvalue weighted by Crippen LogP contribution is -2.11. The first-order chi connectivity index (χ1) is 11.7. The molecule has 0 spiro atoms. The second-order valence-electron chi connectivity index (χ2n) is 5.11. The number of thioether (sulfide) groups is 1. The Morgan fingerprint density at radius 1 is 1.24 bits per heavy atom. The zero-order valence-electron chi connectivity index (χ0n) is 14.6. The fraction of sp³-hybridized carbons (Fsp3) is 0.471. The van der Waals surface area contributed by atoms with Gasteiger partial charge in [0.25, 0.3) is 0 Å². The highest BCUT2D eigenvalue weighted by Gasteiger charge is 2.34. The summed E-state index contributed by atoms with van der Waals surface area (Å²) in [7, 11) is 0. The molecule has 0 aliphatic heterocycles. The van der Waals surface area contributed by atoms with Crippen molar-refractivity contribution < 1.29 is 17.9 Å². The van der Waals surface area contributed by atoms with Crippen LogP contribution >= 0.6 is 27.7 Å². The topological polar surface area (TPSA) is 48.1 Å². The standard InChI is InChI=1S/C15H16BrF3N2OS.C2H6/c1-8(2)22-14-6-10(15(17,18)19)9-5-11(16)13(23-4-3-20)7-12(9)21-14;1-2/h5-8H,3-4,20H2,1-2H3;1-2H3. The van der Waals surface area contributed by atoms with Gasteiger partial charge in [0, 0.05) is 33.1 Å². The Balaban J connectivity index is 0.00000151. The van der Waals surface area contributed by atoms with Gasteiger partial charge < -0.3 is 10.5 Å². The number of nitrogens with two attached hydrogens (primary N) is 1. The molecule has 3 nitrogen and oxygen atoms in total. The minimum Gasteiger partial charge on any atom is -0.475 e. The van der Waals surface area contributed by atoms with E-state index in [0.29, 0.717) is 16.8 Å². The predicted molar refractivity (Wildman–Crippen MR) is 101 cm³/mol. The number of halogens is 4. The van der Waals surface area contributed by atoms with Crippen molar-refractivity contribution in [3.8, 4) is 5.88 Å². The Morgan fingerprint density at radius 2 is 1.88 bits per heavy atom. The molecule has 25 heavy (non-hydrogen) atoms. The first-order valence-electron chi connectivity index (χ1n) is 7.93. The zero-order valence-corrected chi connectivity index (χ0v) is 17.0. The molecule has 0 fully saturated rings. The number of ether oxygens (including phenoxy) is 1. The quantitative estimate of drug-likeness (QED) is 0.591. The minimum atomic E-state index is -4.48. The van der Waals surface area contributed by atoms with E-state index in [9.17, 15) is 13.2 Å². The van der Waals surface area contributed by atoms with Crippen LogP contribution in [-0.2, 0) is 6.18 Å². The summed E-state index contributed by atoms with van der Waals surface area (Å²) < 4.78 is 46.0. The average molecular weight is 439 g/mol. The third-order valence-corrected chi connectivity index (χ3v) is 4.88. The number of hydrogen-bond donors (Lipinski definition) is 1. The molecule has 1 heterocycles. The number of pyridine rings is 1. The fourth-order valence-corrected chi connectivity index (χ4v) is 3.44. The van der Waals surface area contributed by atoms with E-state index in [-0.39, 0.29) is 22.9 Å². The van der Waals surface area contributed by atoms with Crippen molar-refractivity contribution in [2.24, 2.45) is 5.73 Å². The average Bonchev–Trinajstić information content (AvgIpc) is 2.53. The van der Waals surface area contributed by atoms with Gasteiger partial charge in [0.2, 0.25) is 5.88 Å². The molecule has 1 aromatic carbocycles. The van der Waals surface area contributed by atoms with Crippen molar-refractivity contribution in [2.75, 3.05) is 12.3 Å². The lowest BCUT2D eigenvalue weighted by molar-refractivity contribution is -0.136. The number of nitrogens with zero attached hydrogens (tertiary/aromatic N) is 1. The number of benzene rings is 1. The van der Waals surface area contributed by atoms with Crippen molar-refractivity contribution in [1.82, 2.24) is 4.98 Å². The van der Waals surface area contributed by atoms with Gasteiger partial charge in [-0.1, -0.05) is 13.8 Å². The first-order valence-corrected chi connectivity index (χ1v) is 9.71. The maximum atomic E-state index is 13.3. The lowest BCUT2D eigenvalue weighted by Gasteiger charge is -2.16. The van der Waals surface area contributed by atoms with E-state index >= 15 is 0 Å². The summed E-state index contributed by atoms with van der Waals surface area (Å²) in [6, 6.07) is 4.02. The van der Waals surface area contributed by atoms with E-state index in [0.717, 1.165) is 11.0 Å². The maximum absolute atomic E-state index is 13.3. The molecule has 0 atom stereocenters. The van der Waals surface area contributed by atoms with Gasteiger partial charge in [-0.05, 0) is 41.9 Å². The van der Waals surface area contributed by atoms with Crippen LogP contribution in [0.2, 0.25) is 0 Å². The van der Waals surface area contributed by atoms with Gasteiger partial charge >= 0.3 is 6.18 Å². The molecule has 0 unspecified atom stereocenters. The first kappa shape index (κ1) is 22.1. The van der Waals surface area contributed by atoms with Crippen LogP contribution in [-0.4, -0.2) is 23.4 Å². The van der Waals surface area contributed by atoms with Crippen molar-refractivity contribution in [3.63, 3.8) is 0 Å². The molecule has 140 valence electrons.